The summed E-state index contributed by atoms with van der Waals surface area (Å²) in [6.45, 7) is 8.12. The Bertz CT molecular complexity index is 988. The standard InChI is InChI=1S/C29H41N3O4/c1-21(2)10-13-32-27(33)24(18-22-6-4-3-5-7-22)30-28(34)29(32)11-14-31(15-12-29)20-23-8-9-25-26(19-23)36-17-16-35-25/h8-10,19,22,24H,3-7,11-18,20H2,1-2H3,(H,30,34). The van der Waals surface area contributed by atoms with Crippen LogP contribution in [0.5, 0.6) is 11.5 Å². The van der Waals surface area contributed by atoms with Gasteiger partial charge in [-0.1, -0.05) is 49.8 Å². The highest BCUT2D eigenvalue weighted by atomic mass is 16.6. The van der Waals surface area contributed by atoms with Crippen molar-refractivity contribution in [2.24, 2.45) is 5.92 Å². The summed E-state index contributed by atoms with van der Waals surface area (Å²) in [5.41, 5.74) is 1.59. The lowest BCUT2D eigenvalue weighted by atomic mass is 9.79. The van der Waals surface area contributed by atoms with Crippen LogP contribution in [-0.4, -0.2) is 66.0 Å². The minimum atomic E-state index is -0.755. The van der Waals surface area contributed by atoms with Crippen molar-refractivity contribution in [2.45, 2.75) is 83.3 Å². The number of likely N-dealkylation sites (tertiary alicyclic amines) is 1. The Kier molecular flexibility index (Phi) is 7.56. The number of amides is 2. The number of nitrogens with zero attached hydrogens (tertiary/aromatic N) is 2. The minimum Gasteiger partial charge on any atom is -0.486 e. The first-order valence-corrected chi connectivity index (χ1v) is 13.8. The van der Waals surface area contributed by atoms with Crippen LogP contribution >= 0.6 is 0 Å². The third-order valence-corrected chi connectivity index (χ3v) is 8.48. The van der Waals surface area contributed by atoms with E-state index in [1.165, 1.54) is 43.2 Å². The Hall–Kier alpha value is -2.54. The summed E-state index contributed by atoms with van der Waals surface area (Å²) in [5.74, 6) is 2.31. The molecule has 36 heavy (non-hydrogen) atoms. The Labute approximate surface area is 215 Å². The van der Waals surface area contributed by atoms with Gasteiger partial charge >= 0.3 is 0 Å². The number of benzene rings is 1. The predicted molar refractivity (Wildman–Crippen MR) is 139 cm³/mol. The molecule has 4 aliphatic rings. The molecule has 5 rings (SSSR count). The van der Waals surface area contributed by atoms with Crippen LogP contribution in [0, 0.1) is 5.92 Å². The van der Waals surface area contributed by atoms with Gasteiger partial charge in [-0.25, -0.2) is 0 Å². The maximum atomic E-state index is 13.8. The van der Waals surface area contributed by atoms with Gasteiger partial charge in [-0.05, 0) is 56.7 Å². The van der Waals surface area contributed by atoms with E-state index in [4.69, 9.17) is 9.47 Å². The summed E-state index contributed by atoms with van der Waals surface area (Å²) >= 11 is 0. The van der Waals surface area contributed by atoms with E-state index in [0.717, 1.165) is 37.6 Å². The molecule has 2 saturated heterocycles. The molecule has 0 bridgehead atoms. The molecule has 3 aliphatic heterocycles. The molecule has 1 aromatic carbocycles. The molecule has 3 heterocycles. The zero-order valence-corrected chi connectivity index (χ0v) is 21.9. The fraction of sp³-hybridized carbons (Fsp3) is 0.655. The van der Waals surface area contributed by atoms with E-state index in [-0.39, 0.29) is 17.9 Å². The number of ether oxygens (including phenoxy) is 2. The third kappa shape index (κ3) is 5.26. The number of hydrogen-bond acceptors (Lipinski definition) is 5. The van der Waals surface area contributed by atoms with Crippen molar-refractivity contribution >= 4 is 11.8 Å². The molecule has 0 aromatic heterocycles. The van der Waals surface area contributed by atoms with E-state index in [0.29, 0.717) is 38.5 Å². The van der Waals surface area contributed by atoms with E-state index in [1.54, 1.807) is 0 Å². The van der Waals surface area contributed by atoms with Crippen LogP contribution in [-0.2, 0) is 16.1 Å². The van der Waals surface area contributed by atoms with Crippen molar-refractivity contribution in [3.8, 4) is 11.5 Å². The van der Waals surface area contributed by atoms with Gasteiger partial charge in [0.15, 0.2) is 11.5 Å². The molecule has 0 radical (unpaired) electrons. The molecule has 1 spiro atoms. The van der Waals surface area contributed by atoms with E-state index >= 15 is 0 Å². The van der Waals surface area contributed by atoms with Gasteiger partial charge < -0.3 is 19.7 Å². The largest absolute Gasteiger partial charge is 0.486 e. The van der Waals surface area contributed by atoms with Gasteiger partial charge in [0.1, 0.15) is 24.8 Å². The van der Waals surface area contributed by atoms with E-state index in [2.05, 4.69) is 42.3 Å². The van der Waals surface area contributed by atoms with Crippen molar-refractivity contribution in [1.29, 1.82) is 0 Å². The smallest absolute Gasteiger partial charge is 0.246 e. The highest BCUT2D eigenvalue weighted by Crippen LogP contribution is 2.37. The summed E-state index contributed by atoms with van der Waals surface area (Å²) in [6, 6.07) is 5.75. The molecule has 1 saturated carbocycles. The van der Waals surface area contributed by atoms with E-state index < -0.39 is 5.54 Å². The molecule has 1 N–H and O–H groups in total. The average Bonchev–Trinajstić information content (AvgIpc) is 2.89. The summed E-state index contributed by atoms with van der Waals surface area (Å²) in [4.78, 5) is 31.8. The van der Waals surface area contributed by atoms with Crippen LogP contribution in [0.1, 0.15) is 70.8 Å². The lowest BCUT2D eigenvalue weighted by Gasteiger charge is -2.51. The van der Waals surface area contributed by atoms with Crippen LogP contribution in [0.3, 0.4) is 0 Å². The predicted octanol–water partition coefficient (Wildman–Crippen LogP) is 4.06. The van der Waals surface area contributed by atoms with E-state index in [9.17, 15) is 9.59 Å². The molecule has 196 valence electrons. The number of piperazine rings is 1. The minimum absolute atomic E-state index is 0.0454. The lowest BCUT2D eigenvalue weighted by Crippen LogP contribution is -2.72. The molecular weight excluding hydrogens is 454 g/mol. The van der Waals surface area contributed by atoms with Crippen molar-refractivity contribution in [3.05, 3.63) is 35.4 Å². The molecule has 1 atom stereocenters. The van der Waals surface area contributed by atoms with Crippen LogP contribution in [0.15, 0.2) is 29.8 Å². The maximum Gasteiger partial charge on any atom is 0.246 e. The van der Waals surface area contributed by atoms with Gasteiger partial charge in [-0.15, -0.1) is 0 Å². The molecule has 3 fully saturated rings. The fourth-order valence-electron chi connectivity index (χ4n) is 6.35. The summed E-state index contributed by atoms with van der Waals surface area (Å²) in [6.07, 6.45) is 10.3. The van der Waals surface area contributed by atoms with Crippen molar-refractivity contribution < 1.29 is 19.1 Å². The number of carbonyl (C=O) groups is 2. The number of nitrogens with one attached hydrogen (secondary N) is 1. The third-order valence-electron chi connectivity index (χ3n) is 8.48. The number of carbonyl (C=O) groups excluding carboxylic acids is 2. The second kappa shape index (κ2) is 10.8. The SMILES string of the molecule is CC(C)=CCN1C(=O)C(CC2CCCCC2)NC(=O)C12CCN(Cc1ccc3c(c1)OCCO3)CC2. The van der Waals surface area contributed by atoms with Crippen molar-refractivity contribution in [1.82, 2.24) is 15.1 Å². The van der Waals surface area contributed by atoms with Gasteiger partial charge in [-0.2, -0.15) is 0 Å². The zero-order valence-electron chi connectivity index (χ0n) is 21.9. The molecule has 1 aliphatic carbocycles. The second-order valence-electron chi connectivity index (χ2n) is 11.3. The number of hydrogen-bond donors (Lipinski definition) is 1. The number of piperidine rings is 1. The molecular formula is C29H41N3O4. The Morgan fingerprint density at radius 3 is 2.50 bits per heavy atom. The van der Waals surface area contributed by atoms with E-state index in [1.807, 2.05) is 11.0 Å². The fourth-order valence-corrected chi connectivity index (χ4v) is 6.35. The van der Waals surface area contributed by atoms with Gasteiger partial charge in [0.05, 0.1) is 0 Å². The first-order valence-electron chi connectivity index (χ1n) is 13.8. The maximum absolute atomic E-state index is 13.8. The topological polar surface area (TPSA) is 71.1 Å². The number of allylic oxidation sites excluding steroid dienone is 1. The highest BCUT2D eigenvalue weighted by molar-refractivity contribution is 6.00. The molecule has 1 aromatic rings. The normalized spacial score (nSPS) is 24.5. The molecule has 1 unspecified atom stereocenters. The number of fused-ring (bicyclic) bond motifs is 1. The number of rotatable bonds is 6. The average molecular weight is 496 g/mol. The molecule has 7 heteroatoms. The van der Waals surface area contributed by atoms with Gasteiger partial charge in [0.2, 0.25) is 11.8 Å². The van der Waals surface area contributed by atoms with Crippen LogP contribution in [0.4, 0.5) is 0 Å². The van der Waals surface area contributed by atoms with Crippen molar-refractivity contribution in [3.63, 3.8) is 0 Å². The van der Waals surface area contributed by atoms with Crippen LogP contribution in [0.25, 0.3) is 0 Å². The molecule has 2 amide bonds. The second-order valence-corrected chi connectivity index (χ2v) is 11.3. The Morgan fingerprint density at radius 1 is 1.06 bits per heavy atom. The Balaban J connectivity index is 1.27. The quantitative estimate of drug-likeness (QED) is 0.603. The zero-order chi connectivity index (χ0) is 25.1. The van der Waals surface area contributed by atoms with Gasteiger partial charge in [-0.3, -0.25) is 14.5 Å². The Morgan fingerprint density at radius 2 is 1.78 bits per heavy atom. The summed E-state index contributed by atoms with van der Waals surface area (Å²) in [7, 11) is 0. The first-order chi connectivity index (χ1) is 17.4. The first kappa shape index (κ1) is 25.1. The molecule has 7 nitrogen and oxygen atoms in total. The van der Waals surface area contributed by atoms with Crippen LogP contribution in [0.2, 0.25) is 0 Å². The van der Waals surface area contributed by atoms with Gasteiger partial charge in [0.25, 0.3) is 0 Å². The van der Waals surface area contributed by atoms with Crippen molar-refractivity contribution in [2.75, 3.05) is 32.8 Å². The van der Waals surface area contributed by atoms with Gasteiger partial charge in [0, 0.05) is 26.2 Å². The highest BCUT2D eigenvalue weighted by Gasteiger charge is 2.53. The lowest BCUT2D eigenvalue weighted by molar-refractivity contribution is -0.161. The summed E-state index contributed by atoms with van der Waals surface area (Å²) in [5, 5.41) is 3.19. The summed E-state index contributed by atoms with van der Waals surface area (Å²) < 4.78 is 11.4. The monoisotopic (exact) mass is 495 g/mol. The van der Waals surface area contributed by atoms with Crippen LogP contribution < -0.4 is 14.8 Å².